The van der Waals surface area contributed by atoms with Crippen LogP contribution < -0.4 is 11.1 Å². The molecule has 1 atom stereocenters. The smallest absolute Gasteiger partial charge is 0.151 e. The van der Waals surface area contributed by atoms with Crippen LogP contribution in [0.3, 0.4) is 0 Å². The lowest BCUT2D eigenvalue weighted by Crippen LogP contribution is -2.50. The second kappa shape index (κ2) is 6.95. The van der Waals surface area contributed by atoms with Crippen LogP contribution in [0.2, 0.25) is 0 Å². The van der Waals surface area contributed by atoms with Gasteiger partial charge in [0.25, 0.3) is 0 Å². The number of rotatable bonds is 6. The zero-order valence-electron chi connectivity index (χ0n) is 12.9. The molecule has 1 aliphatic carbocycles. The van der Waals surface area contributed by atoms with Gasteiger partial charge in [-0.3, -0.25) is 0 Å². The van der Waals surface area contributed by atoms with E-state index < -0.39 is 11.6 Å². The van der Waals surface area contributed by atoms with Crippen molar-refractivity contribution in [1.29, 1.82) is 0 Å². The van der Waals surface area contributed by atoms with Gasteiger partial charge in [0, 0.05) is 30.9 Å². The quantitative estimate of drug-likeness (QED) is 0.848. The van der Waals surface area contributed by atoms with Crippen LogP contribution in [-0.4, -0.2) is 21.9 Å². The molecule has 1 aromatic carbocycles. The lowest BCUT2D eigenvalue weighted by atomic mass is 9.96. The Morgan fingerprint density at radius 2 is 2.09 bits per heavy atom. The van der Waals surface area contributed by atoms with Gasteiger partial charge in [-0.25, -0.2) is 13.5 Å². The lowest BCUT2D eigenvalue weighted by Gasteiger charge is -2.29. The first-order valence-corrected chi connectivity index (χ1v) is 7.47. The highest BCUT2D eigenvalue weighted by atomic mass is 35.5. The second-order valence-electron chi connectivity index (χ2n) is 6.10. The van der Waals surface area contributed by atoms with Gasteiger partial charge in [0.1, 0.15) is 11.5 Å². The predicted octanol–water partition coefficient (Wildman–Crippen LogP) is 2.79. The van der Waals surface area contributed by atoms with Crippen LogP contribution in [0.15, 0.2) is 30.5 Å². The van der Waals surface area contributed by atoms with Crippen molar-refractivity contribution in [3.8, 4) is 5.69 Å². The van der Waals surface area contributed by atoms with Crippen molar-refractivity contribution in [1.82, 2.24) is 15.1 Å². The Morgan fingerprint density at radius 3 is 2.70 bits per heavy atom. The van der Waals surface area contributed by atoms with Gasteiger partial charge in [-0.2, -0.15) is 5.10 Å². The van der Waals surface area contributed by atoms with E-state index in [1.54, 1.807) is 6.20 Å². The van der Waals surface area contributed by atoms with Crippen LogP contribution >= 0.6 is 12.4 Å². The molecule has 0 bridgehead atoms. The monoisotopic (exact) mass is 342 g/mol. The molecule has 1 aromatic heterocycles. The summed E-state index contributed by atoms with van der Waals surface area (Å²) in [5.41, 5.74) is 6.82. The minimum absolute atomic E-state index is 0. The lowest BCUT2D eigenvalue weighted by molar-refractivity contribution is 0.315. The fourth-order valence-corrected chi connectivity index (χ4v) is 2.65. The first kappa shape index (κ1) is 17.8. The number of hydrogen-bond acceptors (Lipinski definition) is 3. The van der Waals surface area contributed by atoms with Crippen molar-refractivity contribution in [2.45, 2.75) is 31.8 Å². The summed E-state index contributed by atoms with van der Waals surface area (Å²) in [6.45, 7) is 3.27. The van der Waals surface area contributed by atoms with E-state index in [1.165, 1.54) is 29.7 Å². The molecule has 0 aliphatic heterocycles. The maximum Gasteiger partial charge on any atom is 0.151 e. The van der Waals surface area contributed by atoms with Crippen molar-refractivity contribution in [2.24, 2.45) is 11.7 Å². The third-order valence-electron chi connectivity index (χ3n) is 4.38. The third-order valence-corrected chi connectivity index (χ3v) is 4.38. The Labute approximate surface area is 140 Å². The molecule has 23 heavy (non-hydrogen) atoms. The molecule has 0 saturated heterocycles. The van der Waals surface area contributed by atoms with Crippen molar-refractivity contribution in [3.63, 3.8) is 0 Å². The molecule has 1 aliphatic rings. The van der Waals surface area contributed by atoms with E-state index in [0.29, 0.717) is 19.0 Å². The molecule has 1 fully saturated rings. The van der Waals surface area contributed by atoms with E-state index in [2.05, 4.69) is 17.3 Å². The normalized spacial score (nSPS) is 16.7. The highest BCUT2D eigenvalue weighted by molar-refractivity contribution is 5.85. The molecular weight excluding hydrogens is 322 g/mol. The molecule has 1 heterocycles. The average Bonchev–Trinajstić information content (AvgIpc) is 3.25. The minimum Gasteiger partial charge on any atom is -0.329 e. The van der Waals surface area contributed by atoms with Gasteiger partial charge in [-0.05, 0) is 43.9 Å². The summed E-state index contributed by atoms with van der Waals surface area (Å²) in [6.07, 6.45) is 4.08. The number of hydrogen-bond donors (Lipinski definition) is 2. The van der Waals surface area contributed by atoms with E-state index in [1.807, 2.05) is 6.07 Å². The standard InChI is InChI=1S/C16H20F2N4.ClH/c1-16(10-19,11-2-3-11)20-9-13-6-7-22(21-13)15-5-4-12(17)8-14(15)18;/h4-8,11,20H,2-3,9-10,19H2,1H3;1H. The zero-order valence-corrected chi connectivity index (χ0v) is 13.7. The summed E-state index contributed by atoms with van der Waals surface area (Å²) < 4.78 is 28.1. The van der Waals surface area contributed by atoms with Crippen LogP contribution in [0, 0.1) is 17.6 Å². The summed E-state index contributed by atoms with van der Waals surface area (Å²) >= 11 is 0. The van der Waals surface area contributed by atoms with Gasteiger partial charge in [0.05, 0.1) is 5.69 Å². The van der Waals surface area contributed by atoms with Crippen LogP contribution in [0.1, 0.15) is 25.5 Å². The fraction of sp³-hybridized carbons (Fsp3) is 0.438. The summed E-state index contributed by atoms with van der Waals surface area (Å²) in [4.78, 5) is 0. The molecule has 1 unspecified atom stereocenters. The maximum atomic E-state index is 13.8. The Hall–Kier alpha value is -1.50. The molecule has 2 aromatic rings. The largest absolute Gasteiger partial charge is 0.329 e. The van der Waals surface area contributed by atoms with E-state index in [9.17, 15) is 8.78 Å². The molecule has 4 nitrogen and oxygen atoms in total. The Balaban J connectivity index is 0.00000192. The molecule has 7 heteroatoms. The van der Waals surface area contributed by atoms with Crippen LogP contribution in [0.25, 0.3) is 5.69 Å². The molecule has 3 rings (SSSR count). The van der Waals surface area contributed by atoms with Crippen molar-refractivity contribution in [3.05, 3.63) is 47.8 Å². The summed E-state index contributed by atoms with van der Waals surface area (Å²) in [5.74, 6) is -0.611. The molecule has 0 amide bonds. The van der Waals surface area contributed by atoms with Crippen molar-refractivity contribution in [2.75, 3.05) is 6.54 Å². The van der Waals surface area contributed by atoms with Gasteiger partial charge < -0.3 is 11.1 Å². The molecule has 126 valence electrons. The molecular formula is C16H21ClF2N4. The number of halogens is 3. The van der Waals surface area contributed by atoms with Crippen LogP contribution in [0.5, 0.6) is 0 Å². The number of nitrogens with zero attached hydrogens (tertiary/aromatic N) is 2. The van der Waals surface area contributed by atoms with E-state index in [-0.39, 0.29) is 23.6 Å². The zero-order chi connectivity index (χ0) is 15.7. The van der Waals surface area contributed by atoms with Gasteiger partial charge in [0.2, 0.25) is 0 Å². The van der Waals surface area contributed by atoms with E-state index in [4.69, 9.17) is 5.73 Å². The fourth-order valence-electron chi connectivity index (χ4n) is 2.65. The van der Waals surface area contributed by atoms with Crippen LogP contribution in [0.4, 0.5) is 8.78 Å². The first-order valence-electron chi connectivity index (χ1n) is 7.47. The summed E-state index contributed by atoms with van der Waals surface area (Å²) in [6, 6.07) is 5.27. The number of nitrogens with two attached hydrogens (primary N) is 1. The Kier molecular flexibility index (Phi) is 5.39. The molecule has 1 saturated carbocycles. The molecule has 0 radical (unpaired) electrons. The average molecular weight is 343 g/mol. The third kappa shape index (κ3) is 3.88. The van der Waals surface area contributed by atoms with E-state index in [0.717, 1.165) is 11.8 Å². The predicted molar refractivity (Wildman–Crippen MR) is 87.8 cm³/mol. The van der Waals surface area contributed by atoms with Crippen molar-refractivity contribution >= 4 is 12.4 Å². The van der Waals surface area contributed by atoms with Crippen molar-refractivity contribution < 1.29 is 8.78 Å². The summed E-state index contributed by atoms with van der Waals surface area (Å²) in [5, 5.41) is 7.80. The molecule has 3 N–H and O–H groups in total. The topological polar surface area (TPSA) is 55.9 Å². The van der Waals surface area contributed by atoms with Gasteiger partial charge in [0.15, 0.2) is 5.82 Å². The highest BCUT2D eigenvalue weighted by Gasteiger charge is 2.40. The number of benzene rings is 1. The number of nitrogens with one attached hydrogen (secondary N) is 1. The number of aromatic nitrogens is 2. The highest BCUT2D eigenvalue weighted by Crippen LogP contribution is 2.39. The minimum atomic E-state index is -0.632. The Morgan fingerprint density at radius 1 is 1.35 bits per heavy atom. The van der Waals surface area contributed by atoms with Gasteiger partial charge in [-0.15, -0.1) is 12.4 Å². The SMILES string of the molecule is CC(CN)(NCc1ccn(-c2ccc(F)cc2F)n1)C1CC1.Cl. The summed E-state index contributed by atoms with van der Waals surface area (Å²) in [7, 11) is 0. The van der Waals surface area contributed by atoms with E-state index >= 15 is 0 Å². The second-order valence-corrected chi connectivity index (χ2v) is 6.10. The van der Waals surface area contributed by atoms with Gasteiger partial charge in [-0.1, -0.05) is 0 Å². The first-order chi connectivity index (χ1) is 10.5. The van der Waals surface area contributed by atoms with Gasteiger partial charge >= 0.3 is 0 Å². The Bertz CT molecular complexity index is 672. The maximum absolute atomic E-state index is 13.8. The molecule has 0 spiro atoms. The van der Waals surface area contributed by atoms with Crippen LogP contribution in [-0.2, 0) is 6.54 Å².